The van der Waals surface area contributed by atoms with Gasteiger partial charge in [-0.3, -0.25) is 0 Å². The van der Waals surface area contributed by atoms with Gasteiger partial charge in [0.15, 0.2) is 0 Å². The van der Waals surface area contributed by atoms with E-state index in [9.17, 15) is 0 Å². The van der Waals surface area contributed by atoms with Gasteiger partial charge in [-0.25, -0.2) is 0 Å². The van der Waals surface area contributed by atoms with Crippen molar-refractivity contribution < 1.29 is 0 Å². The normalized spacial score (nSPS) is 8.67. The van der Waals surface area contributed by atoms with E-state index in [4.69, 9.17) is 12.8 Å². The van der Waals surface area contributed by atoms with Crippen molar-refractivity contribution in [3.05, 3.63) is 19.8 Å². The molecule has 0 amide bonds. The fourth-order valence-electron chi connectivity index (χ4n) is 0. The van der Waals surface area contributed by atoms with Gasteiger partial charge >= 0.3 is 17.4 Å². The molecule has 82 valence electrons. The molecule has 0 aliphatic carbocycles. The van der Waals surface area contributed by atoms with Crippen LogP contribution in [0.15, 0.2) is 0 Å². The van der Waals surface area contributed by atoms with E-state index in [-0.39, 0.29) is 17.4 Å². The van der Waals surface area contributed by atoms with Crippen molar-refractivity contribution >= 4 is 33.5 Å². The quantitative estimate of drug-likeness (QED) is 0.351. The zero-order valence-corrected chi connectivity index (χ0v) is 14.4. The second-order valence-electron chi connectivity index (χ2n) is 4.75. The van der Waals surface area contributed by atoms with Crippen LogP contribution in [0.2, 0.25) is 39.3 Å². The number of rotatable bonds is 0. The minimum Gasteiger partial charge on any atom is -0.701 e. The molecule has 0 aliphatic heterocycles. The topological polar surface area (TPSA) is 0 Å². The van der Waals surface area contributed by atoms with E-state index in [0.29, 0.717) is 0 Å². The summed E-state index contributed by atoms with van der Waals surface area (Å²) in [7, 11) is -2.43. The van der Waals surface area contributed by atoms with Crippen LogP contribution in [0, 0.1) is 30.9 Å². The van der Waals surface area contributed by atoms with Crippen LogP contribution in [0.1, 0.15) is 6.92 Å². The minimum atomic E-state index is -1.21. The molecular formula is C12H23AlSi2. The van der Waals surface area contributed by atoms with Gasteiger partial charge in [-0.15, -0.1) is 0 Å². The summed E-state index contributed by atoms with van der Waals surface area (Å²) in [6, 6.07) is 0. The Kier molecular flexibility index (Phi) is 19.7. The maximum absolute atomic E-state index is 6.67. The average molecular weight is 250 g/mol. The molecule has 0 nitrogen and oxygen atoms in total. The van der Waals surface area contributed by atoms with Gasteiger partial charge in [0, 0.05) is 0 Å². The van der Waals surface area contributed by atoms with Crippen LogP contribution in [-0.2, 0) is 0 Å². The van der Waals surface area contributed by atoms with Gasteiger partial charge in [0.1, 0.15) is 0 Å². The average Bonchev–Trinajstić information content (AvgIpc) is 2.07. The molecule has 0 fully saturated rings. The molecule has 0 rings (SSSR count). The van der Waals surface area contributed by atoms with E-state index in [2.05, 4.69) is 57.3 Å². The van der Waals surface area contributed by atoms with Gasteiger partial charge in [0.2, 0.25) is 0 Å². The molecule has 0 bridgehead atoms. The van der Waals surface area contributed by atoms with E-state index in [1.807, 2.05) is 0 Å². The van der Waals surface area contributed by atoms with Gasteiger partial charge in [-0.1, -0.05) is 39.3 Å². The van der Waals surface area contributed by atoms with Crippen LogP contribution in [0.3, 0.4) is 0 Å². The van der Waals surface area contributed by atoms with Crippen LogP contribution in [-0.4, -0.2) is 33.5 Å². The maximum Gasteiger partial charge on any atom is 3.00 e. The fourth-order valence-corrected chi connectivity index (χ4v) is 0. The van der Waals surface area contributed by atoms with E-state index in [1.165, 1.54) is 0 Å². The van der Waals surface area contributed by atoms with Crippen molar-refractivity contribution in [2.45, 2.75) is 46.2 Å². The number of hydrogen-bond donors (Lipinski definition) is 0. The van der Waals surface area contributed by atoms with Gasteiger partial charge in [0.05, 0.1) is 16.1 Å². The third-order valence-electron chi connectivity index (χ3n) is 0.750. The molecule has 15 heavy (non-hydrogen) atoms. The summed E-state index contributed by atoms with van der Waals surface area (Å²) in [6.07, 6.45) is 13.3. The van der Waals surface area contributed by atoms with Crippen molar-refractivity contribution in [2.24, 2.45) is 0 Å². The molecule has 0 aliphatic rings. The molecule has 0 saturated heterocycles. The molecule has 0 aromatic heterocycles. The third kappa shape index (κ3) is 55.5. The Bertz CT molecular complexity index is 172. The Morgan fingerprint density at radius 1 is 0.733 bits per heavy atom. The van der Waals surface area contributed by atoms with Gasteiger partial charge in [-0.2, -0.15) is 6.92 Å². The monoisotopic (exact) mass is 250 g/mol. The Morgan fingerprint density at radius 3 is 0.800 bits per heavy atom. The summed E-state index contributed by atoms with van der Waals surface area (Å²) in [5.74, 6) is 0. The van der Waals surface area contributed by atoms with E-state index >= 15 is 0 Å². The van der Waals surface area contributed by atoms with Crippen molar-refractivity contribution in [3.63, 3.8) is 0 Å². The Hall–Kier alpha value is 0.0862. The second-order valence-corrected chi connectivity index (χ2v) is 14.2. The first kappa shape index (κ1) is 24.4. The summed E-state index contributed by atoms with van der Waals surface area (Å²) in [5, 5.41) is 0. The molecule has 0 radical (unpaired) electrons. The summed E-state index contributed by atoms with van der Waals surface area (Å²) in [6.45, 7) is 17.5. The molecule has 0 saturated carbocycles. The Morgan fingerprint density at radius 2 is 0.800 bits per heavy atom. The molecule has 3 heteroatoms. The van der Waals surface area contributed by atoms with Crippen LogP contribution >= 0.6 is 0 Å². The smallest absolute Gasteiger partial charge is 0.701 e. The number of hydrogen-bond acceptors (Lipinski definition) is 0. The minimum absolute atomic E-state index is 0. The predicted molar refractivity (Wildman–Crippen MR) is 77.7 cm³/mol. The van der Waals surface area contributed by atoms with Crippen LogP contribution < -0.4 is 0 Å². The van der Waals surface area contributed by atoms with Crippen molar-refractivity contribution in [2.75, 3.05) is 0 Å². The largest absolute Gasteiger partial charge is 3.00 e. The van der Waals surface area contributed by atoms with Crippen molar-refractivity contribution in [1.29, 1.82) is 0 Å². The van der Waals surface area contributed by atoms with E-state index in [0.717, 1.165) is 0 Å². The Balaban J connectivity index is -0.0000000653. The van der Waals surface area contributed by atoms with E-state index in [1.54, 1.807) is 6.92 Å². The summed E-state index contributed by atoms with van der Waals surface area (Å²) in [4.78, 5) is 0. The SMILES string of the molecule is [Al+3].[C-]#C[Si](C)(C)C.[C-]#C[Si](C)(C)C.[CH2-]C. The van der Waals surface area contributed by atoms with Crippen molar-refractivity contribution in [1.82, 2.24) is 0 Å². The van der Waals surface area contributed by atoms with Gasteiger partial charge < -0.3 is 30.9 Å². The molecule has 0 atom stereocenters. The van der Waals surface area contributed by atoms with Crippen LogP contribution in [0.4, 0.5) is 0 Å². The van der Waals surface area contributed by atoms with Crippen LogP contribution in [0.5, 0.6) is 0 Å². The standard InChI is InChI=1S/2C5H9Si.C2H5.Al/c2*1-5-6(2,3)4;1-2;/h2*2-4H3;1H2,2H3;/q3*-1;+3. The first-order valence-corrected chi connectivity index (χ1v) is 11.7. The summed E-state index contributed by atoms with van der Waals surface area (Å²) in [5.41, 5.74) is 4.99. The first-order chi connectivity index (χ1) is 6.12. The zero-order chi connectivity index (χ0) is 12.4. The third-order valence-corrected chi connectivity index (χ3v) is 2.25. The molecule has 0 unspecified atom stereocenters. The molecule has 0 N–H and O–H groups in total. The Labute approximate surface area is 110 Å². The first-order valence-electron chi connectivity index (χ1n) is 4.71. The predicted octanol–water partition coefficient (Wildman–Crippen LogP) is 3.37. The second kappa shape index (κ2) is 12.2. The van der Waals surface area contributed by atoms with Gasteiger partial charge in [-0.05, 0) is 0 Å². The molecule has 0 aromatic carbocycles. The van der Waals surface area contributed by atoms with Crippen molar-refractivity contribution in [3.8, 4) is 11.1 Å². The van der Waals surface area contributed by atoms with Gasteiger partial charge in [0.25, 0.3) is 0 Å². The molecule has 0 spiro atoms. The van der Waals surface area contributed by atoms with Crippen LogP contribution in [0.25, 0.3) is 0 Å². The molecular weight excluding hydrogens is 227 g/mol. The molecule has 0 heterocycles. The zero-order valence-electron chi connectivity index (χ0n) is 11.3. The summed E-state index contributed by atoms with van der Waals surface area (Å²) < 4.78 is 0. The maximum atomic E-state index is 6.67. The molecule has 0 aromatic rings. The fraction of sp³-hybridized carbons (Fsp3) is 0.583. The van der Waals surface area contributed by atoms with E-state index < -0.39 is 16.1 Å². The summed E-state index contributed by atoms with van der Waals surface area (Å²) >= 11 is 0.